The number of carbonyl (C=O) groups excluding carboxylic acids is 1. The van der Waals surface area contributed by atoms with E-state index in [4.69, 9.17) is 0 Å². The number of amides is 1. The molecule has 1 amide bonds. The maximum absolute atomic E-state index is 12.9. The number of aliphatic hydroxyl groups is 1. The Hall–Kier alpha value is -1.76. The molecule has 0 bridgehead atoms. The van der Waals surface area contributed by atoms with Gasteiger partial charge in [0.15, 0.2) is 0 Å². The van der Waals surface area contributed by atoms with E-state index in [2.05, 4.69) is 28.9 Å². The number of piperidine rings is 1. The Balaban J connectivity index is 1.43. The highest BCUT2D eigenvalue weighted by molar-refractivity contribution is 7.10. The maximum atomic E-state index is 12.9. The zero-order valence-corrected chi connectivity index (χ0v) is 16.7. The molecule has 0 radical (unpaired) electrons. The molecule has 0 aromatic carbocycles. The van der Waals surface area contributed by atoms with Crippen molar-refractivity contribution < 1.29 is 9.90 Å². The fourth-order valence-electron chi connectivity index (χ4n) is 3.99. The number of nitrogens with zero attached hydrogens (tertiary/aromatic N) is 3. The van der Waals surface area contributed by atoms with Crippen LogP contribution in [0.15, 0.2) is 23.7 Å². The number of hydrogen-bond donors (Lipinski definition) is 1. The lowest BCUT2D eigenvalue weighted by Crippen LogP contribution is -2.42. The quantitative estimate of drug-likeness (QED) is 0.879. The minimum atomic E-state index is -0.376. The second-order valence-corrected chi connectivity index (χ2v) is 8.53. The zero-order chi connectivity index (χ0) is 18.8. The van der Waals surface area contributed by atoms with Crippen molar-refractivity contribution >= 4 is 17.2 Å². The first-order valence-corrected chi connectivity index (χ1v) is 10.7. The van der Waals surface area contributed by atoms with Gasteiger partial charge in [-0.15, -0.1) is 11.3 Å². The summed E-state index contributed by atoms with van der Waals surface area (Å²) in [4.78, 5) is 23.0. The van der Waals surface area contributed by atoms with Crippen molar-refractivity contribution in [3.8, 4) is 0 Å². The molecule has 1 atom stereocenters. The Bertz CT molecular complexity index is 802. The lowest BCUT2D eigenvalue weighted by atomic mass is 10.0. The SMILES string of the molecule is CCc1ccc(CN2CCc3c(C(=O)N4CCC[C@@H](O)C4)csc3C2)nc1. The van der Waals surface area contributed by atoms with Crippen LogP contribution in [0.4, 0.5) is 0 Å². The summed E-state index contributed by atoms with van der Waals surface area (Å²) in [7, 11) is 0. The third-order valence-corrected chi connectivity index (χ3v) is 6.63. The number of fused-ring (bicyclic) bond motifs is 1. The van der Waals surface area contributed by atoms with Crippen molar-refractivity contribution in [3.63, 3.8) is 0 Å². The van der Waals surface area contributed by atoms with Crippen LogP contribution in [0.3, 0.4) is 0 Å². The fourth-order valence-corrected chi connectivity index (χ4v) is 5.11. The van der Waals surface area contributed by atoms with E-state index >= 15 is 0 Å². The van der Waals surface area contributed by atoms with E-state index in [1.165, 1.54) is 16.0 Å². The molecular weight excluding hydrogens is 358 g/mol. The Kier molecular flexibility index (Phi) is 5.57. The third kappa shape index (κ3) is 4.08. The van der Waals surface area contributed by atoms with Gasteiger partial charge < -0.3 is 10.0 Å². The largest absolute Gasteiger partial charge is 0.391 e. The van der Waals surface area contributed by atoms with Crippen molar-refractivity contribution in [1.82, 2.24) is 14.8 Å². The van der Waals surface area contributed by atoms with Gasteiger partial charge in [0.05, 0.1) is 17.4 Å². The van der Waals surface area contributed by atoms with Gasteiger partial charge >= 0.3 is 0 Å². The molecule has 1 fully saturated rings. The Labute approximate surface area is 164 Å². The molecule has 0 aliphatic carbocycles. The molecule has 0 spiro atoms. The summed E-state index contributed by atoms with van der Waals surface area (Å²) in [5.74, 6) is 0.0940. The summed E-state index contributed by atoms with van der Waals surface area (Å²) < 4.78 is 0. The number of thiophene rings is 1. The second-order valence-electron chi connectivity index (χ2n) is 7.57. The summed E-state index contributed by atoms with van der Waals surface area (Å²) >= 11 is 1.69. The smallest absolute Gasteiger partial charge is 0.255 e. The van der Waals surface area contributed by atoms with Crippen molar-refractivity contribution in [1.29, 1.82) is 0 Å². The van der Waals surface area contributed by atoms with Crippen molar-refractivity contribution in [2.24, 2.45) is 0 Å². The average molecular weight is 386 g/mol. The number of aryl methyl sites for hydroxylation is 1. The van der Waals surface area contributed by atoms with Crippen LogP contribution in [-0.2, 0) is 25.9 Å². The summed E-state index contributed by atoms with van der Waals surface area (Å²) in [6.45, 7) is 6.05. The van der Waals surface area contributed by atoms with Gasteiger partial charge in [0.25, 0.3) is 5.91 Å². The van der Waals surface area contributed by atoms with E-state index in [0.29, 0.717) is 6.54 Å². The number of aromatic nitrogens is 1. The first-order valence-electron chi connectivity index (χ1n) is 9.86. The maximum Gasteiger partial charge on any atom is 0.255 e. The van der Waals surface area contributed by atoms with E-state index in [0.717, 1.165) is 63.1 Å². The molecule has 6 heteroatoms. The predicted molar refractivity (Wildman–Crippen MR) is 107 cm³/mol. The van der Waals surface area contributed by atoms with Crippen LogP contribution in [0.1, 0.15) is 51.8 Å². The monoisotopic (exact) mass is 385 g/mol. The van der Waals surface area contributed by atoms with Gasteiger partial charge in [0, 0.05) is 49.2 Å². The van der Waals surface area contributed by atoms with Crippen LogP contribution < -0.4 is 0 Å². The van der Waals surface area contributed by atoms with E-state index in [1.54, 1.807) is 11.3 Å². The van der Waals surface area contributed by atoms with Gasteiger partial charge in [-0.05, 0) is 42.9 Å². The van der Waals surface area contributed by atoms with Gasteiger partial charge in [-0.2, -0.15) is 0 Å². The Morgan fingerprint density at radius 2 is 2.26 bits per heavy atom. The standard InChI is InChI=1S/C21H27N3O2S/c1-2-15-5-6-16(22-10-15)11-23-9-7-18-19(14-27-20(18)13-23)21(26)24-8-3-4-17(25)12-24/h5-6,10,14,17,25H,2-4,7-9,11-13H2,1H3/t17-/m1/s1. The molecule has 1 N–H and O–H groups in total. The van der Waals surface area contributed by atoms with Gasteiger partial charge in [-0.3, -0.25) is 14.7 Å². The molecule has 27 heavy (non-hydrogen) atoms. The van der Waals surface area contributed by atoms with Gasteiger partial charge in [-0.25, -0.2) is 0 Å². The lowest BCUT2D eigenvalue weighted by Gasteiger charge is -2.31. The molecule has 4 rings (SSSR count). The van der Waals surface area contributed by atoms with Crippen molar-refractivity contribution in [2.45, 2.75) is 51.8 Å². The molecule has 0 unspecified atom stereocenters. The number of hydrogen-bond acceptors (Lipinski definition) is 5. The van der Waals surface area contributed by atoms with Crippen LogP contribution in [0.2, 0.25) is 0 Å². The van der Waals surface area contributed by atoms with Gasteiger partial charge in [0.2, 0.25) is 0 Å². The summed E-state index contributed by atoms with van der Waals surface area (Å²) in [5, 5.41) is 11.9. The second kappa shape index (κ2) is 8.09. The fraction of sp³-hybridized carbons (Fsp3) is 0.524. The molecule has 2 aliphatic rings. The highest BCUT2D eigenvalue weighted by Gasteiger charge is 2.28. The summed E-state index contributed by atoms with van der Waals surface area (Å²) in [6.07, 6.45) is 5.20. The van der Waals surface area contributed by atoms with Crippen molar-refractivity contribution in [3.05, 3.63) is 51.0 Å². The Morgan fingerprint density at radius 1 is 1.37 bits per heavy atom. The van der Waals surface area contributed by atoms with Gasteiger partial charge in [-0.1, -0.05) is 13.0 Å². The lowest BCUT2D eigenvalue weighted by molar-refractivity contribution is 0.0472. The number of pyridine rings is 1. The first-order chi connectivity index (χ1) is 13.1. The highest BCUT2D eigenvalue weighted by Crippen LogP contribution is 2.30. The van der Waals surface area contributed by atoms with E-state index in [-0.39, 0.29) is 12.0 Å². The molecular formula is C21H27N3O2S. The molecule has 5 nitrogen and oxygen atoms in total. The summed E-state index contributed by atoms with van der Waals surface area (Å²) in [5.41, 5.74) is 4.44. The Morgan fingerprint density at radius 3 is 3.00 bits per heavy atom. The van der Waals surface area contributed by atoms with E-state index in [9.17, 15) is 9.90 Å². The third-order valence-electron chi connectivity index (χ3n) is 5.62. The van der Waals surface area contributed by atoms with E-state index in [1.807, 2.05) is 16.5 Å². The average Bonchev–Trinajstić information content (AvgIpc) is 3.11. The molecule has 1 saturated heterocycles. The molecule has 144 valence electrons. The van der Waals surface area contributed by atoms with Gasteiger partial charge in [0.1, 0.15) is 0 Å². The van der Waals surface area contributed by atoms with Crippen LogP contribution in [0.5, 0.6) is 0 Å². The topological polar surface area (TPSA) is 56.7 Å². The van der Waals surface area contributed by atoms with Crippen LogP contribution >= 0.6 is 11.3 Å². The zero-order valence-electron chi connectivity index (χ0n) is 15.9. The number of carbonyl (C=O) groups is 1. The number of rotatable bonds is 4. The van der Waals surface area contributed by atoms with Crippen LogP contribution in [0.25, 0.3) is 0 Å². The van der Waals surface area contributed by atoms with Crippen LogP contribution in [0, 0.1) is 0 Å². The minimum Gasteiger partial charge on any atom is -0.391 e. The summed E-state index contributed by atoms with van der Waals surface area (Å²) in [6, 6.07) is 4.28. The van der Waals surface area contributed by atoms with E-state index < -0.39 is 0 Å². The highest BCUT2D eigenvalue weighted by atomic mass is 32.1. The number of β-amino-alcohol motifs (C(OH)–C–C–N with tert-alkyl or cyclic N) is 1. The molecule has 2 aromatic heterocycles. The predicted octanol–water partition coefficient (Wildman–Crippen LogP) is 2.86. The molecule has 2 aromatic rings. The van der Waals surface area contributed by atoms with Crippen molar-refractivity contribution in [2.75, 3.05) is 19.6 Å². The molecule has 4 heterocycles. The minimum absolute atomic E-state index is 0.0940. The van der Waals surface area contributed by atoms with Crippen LogP contribution in [-0.4, -0.2) is 51.5 Å². The number of likely N-dealkylation sites (tertiary alicyclic amines) is 1. The molecule has 2 aliphatic heterocycles. The molecule has 0 saturated carbocycles. The normalized spacial score (nSPS) is 20.5. The first kappa shape index (κ1) is 18.6. The number of aliphatic hydroxyl groups excluding tert-OH is 1.